The van der Waals surface area contributed by atoms with Crippen molar-refractivity contribution < 1.29 is 9.84 Å². The number of aryl methyl sites for hydroxylation is 1. The Kier molecular flexibility index (Phi) is 5.23. The Hall–Kier alpha value is -1.06. The fourth-order valence-electron chi connectivity index (χ4n) is 2.69. The standard InChI is InChI=1S/C16H25NO2/c1-3-17-16-6-4-5-13-11-14(7-8-15(13)16)19-10-9-12(2)18/h7-8,11-12,16-18H,3-6,9-10H2,1-2H3. The third kappa shape index (κ3) is 3.95. The van der Waals surface area contributed by atoms with Crippen LogP contribution in [0.15, 0.2) is 18.2 Å². The van der Waals surface area contributed by atoms with Gasteiger partial charge in [0.2, 0.25) is 0 Å². The van der Waals surface area contributed by atoms with E-state index in [9.17, 15) is 5.11 Å². The molecule has 19 heavy (non-hydrogen) atoms. The van der Waals surface area contributed by atoms with Crippen molar-refractivity contribution in [1.82, 2.24) is 5.32 Å². The Labute approximate surface area is 116 Å². The highest BCUT2D eigenvalue weighted by Crippen LogP contribution is 2.32. The molecule has 0 fully saturated rings. The minimum Gasteiger partial charge on any atom is -0.493 e. The van der Waals surface area contributed by atoms with Crippen LogP contribution in [0.25, 0.3) is 0 Å². The van der Waals surface area contributed by atoms with Crippen molar-refractivity contribution in [3.05, 3.63) is 29.3 Å². The second kappa shape index (κ2) is 6.92. The van der Waals surface area contributed by atoms with Crippen LogP contribution in [0.4, 0.5) is 0 Å². The van der Waals surface area contributed by atoms with E-state index >= 15 is 0 Å². The Morgan fingerprint density at radius 1 is 1.47 bits per heavy atom. The minimum absolute atomic E-state index is 0.296. The first-order valence-electron chi connectivity index (χ1n) is 7.37. The average molecular weight is 263 g/mol. The van der Waals surface area contributed by atoms with Crippen molar-refractivity contribution in [2.75, 3.05) is 13.2 Å². The summed E-state index contributed by atoms with van der Waals surface area (Å²) in [6, 6.07) is 6.91. The van der Waals surface area contributed by atoms with Gasteiger partial charge < -0.3 is 15.2 Å². The lowest BCUT2D eigenvalue weighted by Gasteiger charge is -2.26. The lowest BCUT2D eigenvalue weighted by Crippen LogP contribution is -2.24. The van der Waals surface area contributed by atoms with Gasteiger partial charge in [-0.2, -0.15) is 0 Å². The number of aliphatic hydroxyl groups excluding tert-OH is 1. The van der Waals surface area contributed by atoms with Crippen LogP contribution in [0.3, 0.4) is 0 Å². The molecule has 0 aliphatic heterocycles. The van der Waals surface area contributed by atoms with Gasteiger partial charge in [-0.1, -0.05) is 13.0 Å². The van der Waals surface area contributed by atoms with Crippen LogP contribution >= 0.6 is 0 Å². The molecular formula is C16H25NO2. The van der Waals surface area contributed by atoms with Crippen LogP contribution in [0.2, 0.25) is 0 Å². The largest absolute Gasteiger partial charge is 0.493 e. The van der Waals surface area contributed by atoms with Crippen molar-refractivity contribution in [2.45, 2.75) is 51.7 Å². The zero-order valence-corrected chi connectivity index (χ0v) is 12.0. The summed E-state index contributed by atoms with van der Waals surface area (Å²) in [4.78, 5) is 0. The van der Waals surface area contributed by atoms with E-state index in [0.717, 1.165) is 18.7 Å². The Morgan fingerprint density at radius 2 is 2.32 bits per heavy atom. The second-order valence-electron chi connectivity index (χ2n) is 5.35. The first-order valence-corrected chi connectivity index (χ1v) is 7.37. The lowest BCUT2D eigenvalue weighted by molar-refractivity contribution is 0.155. The number of aliphatic hydroxyl groups is 1. The van der Waals surface area contributed by atoms with Gasteiger partial charge >= 0.3 is 0 Å². The third-order valence-corrected chi connectivity index (χ3v) is 3.68. The van der Waals surface area contributed by atoms with Gasteiger partial charge in [-0.05, 0) is 56.0 Å². The SMILES string of the molecule is CCNC1CCCc2cc(OCCC(C)O)ccc21. The summed E-state index contributed by atoms with van der Waals surface area (Å²) in [7, 11) is 0. The second-order valence-corrected chi connectivity index (χ2v) is 5.35. The molecule has 0 heterocycles. The van der Waals surface area contributed by atoms with Gasteiger partial charge in [0.1, 0.15) is 5.75 Å². The molecule has 0 amide bonds. The molecule has 1 aliphatic carbocycles. The monoisotopic (exact) mass is 263 g/mol. The Morgan fingerprint density at radius 3 is 3.05 bits per heavy atom. The molecule has 2 unspecified atom stereocenters. The van der Waals surface area contributed by atoms with E-state index in [-0.39, 0.29) is 6.10 Å². The number of hydrogen-bond acceptors (Lipinski definition) is 3. The van der Waals surface area contributed by atoms with Gasteiger partial charge in [-0.3, -0.25) is 0 Å². The summed E-state index contributed by atoms with van der Waals surface area (Å²) in [5.74, 6) is 0.927. The van der Waals surface area contributed by atoms with Crippen LogP contribution < -0.4 is 10.1 Å². The predicted octanol–water partition coefficient (Wildman–Crippen LogP) is 2.82. The van der Waals surface area contributed by atoms with E-state index in [1.54, 1.807) is 6.92 Å². The number of ether oxygens (including phenoxy) is 1. The van der Waals surface area contributed by atoms with Crippen molar-refractivity contribution >= 4 is 0 Å². The van der Waals surface area contributed by atoms with E-state index in [1.807, 2.05) is 0 Å². The van der Waals surface area contributed by atoms with E-state index in [0.29, 0.717) is 19.1 Å². The van der Waals surface area contributed by atoms with Crippen LogP contribution in [0.5, 0.6) is 5.75 Å². The predicted molar refractivity (Wildman–Crippen MR) is 77.6 cm³/mol. The molecular weight excluding hydrogens is 238 g/mol. The average Bonchev–Trinajstić information content (AvgIpc) is 2.39. The van der Waals surface area contributed by atoms with E-state index in [4.69, 9.17) is 4.74 Å². The summed E-state index contributed by atoms with van der Waals surface area (Å²) in [5, 5.41) is 12.8. The van der Waals surface area contributed by atoms with Crippen molar-refractivity contribution in [3.63, 3.8) is 0 Å². The first kappa shape index (κ1) is 14.4. The van der Waals surface area contributed by atoms with Gasteiger partial charge in [0.15, 0.2) is 0 Å². The molecule has 106 valence electrons. The Bertz CT molecular complexity index is 404. The highest BCUT2D eigenvalue weighted by atomic mass is 16.5. The smallest absolute Gasteiger partial charge is 0.119 e. The number of nitrogens with one attached hydrogen (secondary N) is 1. The van der Waals surface area contributed by atoms with Crippen molar-refractivity contribution in [2.24, 2.45) is 0 Å². The molecule has 0 saturated carbocycles. The highest BCUT2D eigenvalue weighted by molar-refractivity contribution is 5.39. The highest BCUT2D eigenvalue weighted by Gasteiger charge is 2.19. The molecule has 0 radical (unpaired) electrons. The van der Waals surface area contributed by atoms with Crippen LogP contribution in [-0.2, 0) is 6.42 Å². The van der Waals surface area contributed by atoms with Crippen molar-refractivity contribution in [3.8, 4) is 5.75 Å². The first-order chi connectivity index (χ1) is 9.20. The molecule has 3 heteroatoms. The fraction of sp³-hybridized carbons (Fsp3) is 0.625. The molecule has 3 nitrogen and oxygen atoms in total. The fourth-order valence-corrected chi connectivity index (χ4v) is 2.69. The van der Waals surface area contributed by atoms with Gasteiger partial charge in [0, 0.05) is 12.5 Å². The molecule has 2 atom stereocenters. The number of fused-ring (bicyclic) bond motifs is 1. The Balaban J connectivity index is 2.02. The zero-order chi connectivity index (χ0) is 13.7. The van der Waals surface area contributed by atoms with Crippen LogP contribution in [0, 0.1) is 0 Å². The maximum atomic E-state index is 9.23. The number of rotatable bonds is 6. The van der Waals surface area contributed by atoms with Crippen LogP contribution in [-0.4, -0.2) is 24.4 Å². The molecule has 1 aromatic carbocycles. The summed E-state index contributed by atoms with van der Waals surface area (Å²) in [6.45, 7) is 5.53. The molecule has 2 rings (SSSR count). The normalized spacial score (nSPS) is 19.8. The summed E-state index contributed by atoms with van der Waals surface area (Å²) >= 11 is 0. The van der Waals surface area contributed by atoms with Gasteiger partial charge in [-0.15, -0.1) is 0 Å². The summed E-state index contributed by atoms with van der Waals surface area (Å²) < 4.78 is 5.70. The molecule has 1 aromatic rings. The van der Waals surface area contributed by atoms with Crippen molar-refractivity contribution in [1.29, 1.82) is 0 Å². The lowest BCUT2D eigenvalue weighted by atomic mass is 9.87. The number of hydrogen-bond donors (Lipinski definition) is 2. The maximum Gasteiger partial charge on any atom is 0.119 e. The molecule has 0 spiro atoms. The van der Waals surface area contributed by atoms with Crippen LogP contribution in [0.1, 0.15) is 50.3 Å². The summed E-state index contributed by atoms with van der Waals surface area (Å²) in [6.07, 6.45) is 3.99. The molecule has 0 saturated heterocycles. The molecule has 0 aromatic heterocycles. The van der Waals surface area contributed by atoms with E-state index in [2.05, 4.69) is 30.4 Å². The maximum absolute atomic E-state index is 9.23. The zero-order valence-electron chi connectivity index (χ0n) is 12.0. The van der Waals surface area contributed by atoms with Gasteiger partial charge in [-0.25, -0.2) is 0 Å². The minimum atomic E-state index is -0.296. The molecule has 0 bridgehead atoms. The number of benzene rings is 1. The molecule has 2 N–H and O–H groups in total. The van der Waals surface area contributed by atoms with Gasteiger partial charge in [0.25, 0.3) is 0 Å². The quantitative estimate of drug-likeness (QED) is 0.829. The topological polar surface area (TPSA) is 41.5 Å². The molecule has 1 aliphatic rings. The van der Waals surface area contributed by atoms with Gasteiger partial charge in [0.05, 0.1) is 12.7 Å². The van der Waals surface area contributed by atoms with E-state index < -0.39 is 0 Å². The summed E-state index contributed by atoms with van der Waals surface area (Å²) in [5.41, 5.74) is 2.84. The third-order valence-electron chi connectivity index (χ3n) is 3.68. The van der Waals surface area contributed by atoms with E-state index in [1.165, 1.54) is 24.0 Å².